The van der Waals surface area contributed by atoms with E-state index in [1.165, 1.54) is 7.11 Å². The fourth-order valence-electron chi connectivity index (χ4n) is 2.65. The van der Waals surface area contributed by atoms with Crippen LogP contribution in [0.1, 0.15) is 47.0 Å². The van der Waals surface area contributed by atoms with Crippen molar-refractivity contribution in [1.29, 1.82) is 0 Å². The summed E-state index contributed by atoms with van der Waals surface area (Å²) in [7, 11) is 1.36. The highest BCUT2D eigenvalue weighted by Gasteiger charge is 2.36. The molecule has 1 aliphatic carbocycles. The smallest absolute Gasteiger partial charge is 0.308 e. The molecule has 0 aromatic rings. The fourth-order valence-corrected chi connectivity index (χ4v) is 2.65. The molecular formula is C15H25NO4. The van der Waals surface area contributed by atoms with Gasteiger partial charge in [0.15, 0.2) is 5.78 Å². The molecule has 1 unspecified atom stereocenters. The summed E-state index contributed by atoms with van der Waals surface area (Å²) in [5, 5.41) is 2.77. The molecule has 0 aliphatic heterocycles. The molecular weight excluding hydrogens is 258 g/mol. The van der Waals surface area contributed by atoms with E-state index in [0.29, 0.717) is 19.3 Å². The van der Waals surface area contributed by atoms with E-state index < -0.39 is 11.5 Å². The lowest BCUT2D eigenvalue weighted by molar-refractivity contribution is -0.145. The van der Waals surface area contributed by atoms with Gasteiger partial charge in [0.1, 0.15) is 0 Å². The largest absolute Gasteiger partial charge is 0.469 e. The van der Waals surface area contributed by atoms with Crippen LogP contribution in [-0.2, 0) is 19.1 Å². The highest BCUT2D eigenvalue weighted by atomic mass is 16.5. The molecule has 20 heavy (non-hydrogen) atoms. The van der Waals surface area contributed by atoms with Crippen LogP contribution in [0.2, 0.25) is 0 Å². The number of Topliss-reactive ketones (excluding diaryl/α,β-unsaturated/α-hetero) is 1. The Morgan fingerprint density at radius 3 is 2.20 bits per heavy atom. The molecule has 1 rings (SSSR count). The van der Waals surface area contributed by atoms with Crippen LogP contribution in [0.15, 0.2) is 0 Å². The van der Waals surface area contributed by atoms with Gasteiger partial charge in [-0.3, -0.25) is 14.4 Å². The van der Waals surface area contributed by atoms with Crippen LogP contribution in [0, 0.1) is 17.3 Å². The highest BCUT2D eigenvalue weighted by molar-refractivity contribution is 5.92. The van der Waals surface area contributed by atoms with Gasteiger partial charge < -0.3 is 10.1 Å². The van der Waals surface area contributed by atoms with Gasteiger partial charge in [0.25, 0.3) is 0 Å². The molecule has 0 aromatic heterocycles. The van der Waals surface area contributed by atoms with Crippen LogP contribution in [0.3, 0.4) is 0 Å². The van der Waals surface area contributed by atoms with Gasteiger partial charge in [0, 0.05) is 11.3 Å². The quantitative estimate of drug-likeness (QED) is 0.797. The number of carbonyl (C=O) groups is 3. The predicted octanol–water partition coefficient (Wildman–Crippen LogP) is 1.70. The number of nitrogens with one attached hydrogen (secondary N) is 1. The van der Waals surface area contributed by atoms with Gasteiger partial charge >= 0.3 is 5.97 Å². The standard InChI is InChI=1S/C15H25NO4/c1-9(12(17)15(2,3)4)16-13(18)10-6-7-11(8-10)14(19)20-5/h9-11H,6-8H2,1-5H3,(H,16,18)/t9?,10-,11+/m1/s1. The first kappa shape index (κ1) is 16.7. The Labute approximate surface area is 120 Å². The number of carbonyl (C=O) groups excluding carboxylic acids is 3. The van der Waals surface area contributed by atoms with Gasteiger partial charge in [-0.1, -0.05) is 20.8 Å². The van der Waals surface area contributed by atoms with Gasteiger partial charge in [-0.05, 0) is 26.2 Å². The van der Waals surface area contributed by atoms with Crippen molar-refractivity contribution in [3.63, 3.8) is 0 Å². The van der Waals surface area contributed by atoms with E-state index in [4.69, 9.17) is 4.74 Å². The Hall–Kier alpha value is -1.39. The molecule has 5 nitrogen and oxygen atoms in total. The van der Waals surface area contributed by atoms with E-state index in [2.05, 4.69) is 5.32 Å². The van der Waals surface area contributed by atoms with Crippen molar-refractivity contribution in [3.05, 3.63) is 0 Å². The third-order valence-corrected chi connectivity index (χ3v) is 3.83. The molecule has 0 radical (unpaired) electrons. The lowest BCUT2D eigenvalue weighted by atomic mass is 9.87. The van der Waals surface area contributed by atoms with Crippen LogP contribution in [0.5, 0.6) is 0 Å². The summed E-state index contributed by atoms with van der Waals surface area (Å²) in [5.74, 6) is -0.771. The average Bonchev–Trinajstić information content (AvgIpc) is 2.85. The molecule has 0 aromatic carbocycles. The Kier molecular flexibility index (Phi) is 5.31. The van der Waals surface area contributed by atoms with Crippen molar-refractivity contribution in [2.75, 3.05) is 7.11 Å². The zero-order valence-corrected chi connectivity index (χ0v) is 13.0. The fraction of sp³-hybridized carbons (Fsp3) is 0.800. The van der Waals surface area contributed by atoms with Crippen molar-refractivity contribution in [2.24, 2.45) is 17.3 Å². The monoisotopic (exact) mass is 283 g/mol. The summed E-state index contributed by atoms with van der Waals surface area (Å²) in [6.45, 7) is 7.21. The first-order valence-electron chi connectivity index (χ1n) is 7.09. The molecule has 1 saturated carbocycles. The number of ketones is 1. The maximum absolute atomic E-state index is 12.1. The van der Waals surface area contributed by atoms with Gasteiger partial charge in [-0.2, -0.15) is 0 Å². The van der Waals surface area contributed by atoms with E-state index in [-0.39, 0.29) is 29.5 Å². The minimum absolute atomic E-state index is 0.00775. The van der Waals surface area contributed by atoms with Gasteiger partial charge in [-0.15, -0.1) is 0 Å². The van der Waals surface area contributed by atoms with Crippen LogP contribution in [0.4, 0.5) is 0 Å². The van der Waals surface area contributed by atoms with E-state index in [1.54, 1.807) is 6.92 Å². The van der Waals surface area contributed by atoms with E-state index in [1.807, 2.05) is 20.8 Å². The average molecular weight is 283 g/mol. The van der Waals surface area contributed by atoms with E-state index >= 15 is 0 Å². The molecule has 1 fully saturated rings. The molecule has 1 N–H and O–H groups in total. The topological polar surface area (TPSA) is 72.5 Å². The number of methoxy groups -OCH3 is 1. The number of amides is 1. The molecule has 0 spiro atoms. The molecule has 5 heteroatoms. The molecule has 1 aliphatic rings. The third kappa shape index (κ3) is 4.05. The third-order valence-electron chi connectivity index (χ3n) is 3.83. The van der Waals surface area contributed by atoms with E-state index in [9.17, 15) is 14.4 Å². The summed E-state index contributed by atoms with van der Waals surface area (Å²) in [6.07, 6.45) is 1.85. The van der Waals surface area contributed by atoms with Crippen LogP contribution in [0.25, 0.3) is 0 Å². The summed E-state index contributed by atoms with van der Waals surface area (Å²) < 4.78 is 4.70. The lowest BCUT2D eigenvalue weighted by Crippen LogP contribution is -2.45. The molecule has 0 saturated heterocycles. The predicted molar refractivity (Wildman–Crippen MR) is 74.9 cm³/mol. The number of ether oxygens (including phenoxy) is 1. The lowest BCUT2D eigenvalue weighted by Gasteiger charge is -2.23. The Morgan fingerprint density at radius 2 is 1.70 bits per heavy atom. The second-order valence-corrected chi connectivity index (χ2v) is 6.57. The van der Waals surface area contributed by atoms with Gasteiger partial charge in [-0.25, -0.2) is 0 Å². The minimum Gasteiger partial charge on any atom is -0.469 e. The summed E-state index contributed by atoms with van der Waals surface area (Å²) in [5.41, 5.74) is -0.475. The second kappa shape index (κ2) is 6.37. The maximum Gasteiger partial charge on any atom is 0.308 e. The van der Waals surface area contributed by atoms with Crippen molar-refractivity contribution >= 4 is 17.7 Å². The minimum atomic E-state index is -0.500. The van der Waals surface area contributed by atoms with Crippen LogP contribution in [-0.4, -0.2) is 30.8 Å². The Balaban J connectivity index is 2.53. The molecule has 0 bridgehead atoms. The molecule has 1 amide bonds. The number of hydrogen-bond acceptors (Lipinski definition) is 4. The number of rotatable bonds is 4. The number of hydrogen-bond donors (Lipinski definition) is 1. The molecule has 114 valence electrons. The zero-order chi connectivity index (χ0) is 15.5. The van der Waals surface area contributed by atoms with Gasteiger partial charge in [0.05, 0.1) is 19.1 Å². The second-order valence-electron chi connectivity index (χ2n) is 6.57. The highest BCUT2D eigenvalue weighted by Crippen LogP contribution is 2.32. The maximum atomic E-state index is 12.1. The summed E-state index contributed by atoms with van der Waals surface area (Å²) in [4.78, 5) is 35.6. The zero-order valence-electron chi connectivity index (χ0n) is 13.0. The first-order chi connectivity index (χ1) is 9.16. The van der Waals surface area contributed by atoms with Crippen LogP contribution >= 0.6 is 0 Å². The van der Waals surface area contributed by atoms with Crippen molar-refractivity contribution in [1.82, 2.24) is 5.32 Å². The molecule has 3 atom stereocenters. The number of esters is 1. The van der Waals surface area contributed by atoms with Crippen molar-refractivity contribution in [2.45, 2.75) is 53.0 Å². The summed E-state index contributed by atoms with van der Waals surface area (Å²) in [6, 6.07) is -0.500. The normalized spacial score (nSPS) is 24.1. The van der Waals surface area contributed by atoms with Crippen molar-refractivity contribution < 1.29 is 19.1 Å². The van der Waals surface area contributed by atoms with Crippen molar-refractivity contribution in [3.8, 4) is 0 Å². The first-order valence-corrected chi connectivity index (χ1v) is 7.09. The Morgan fingerprint density at radius 1 is 1.15 bits per heavy atom. The van der Waals surface area contributed by atoms with Gasteiger partial charge in [0.2, 0.25) is 5.91 Å². The molecule has 0 heterocycles. The summed E-state index contributed by atoms with van der Waals surface area (Å²) >= 11 is 0. The Bertz CT molecular complexity index is 397. The van der Waals surface area contributed by atoms with Crippen LogP contribution < -0.4 is 5.32 Å². The van der Waals surface area contributed by atoms with E-state index in [0.717, 1.165) is 0 Å². The SMILES string of the molecule is COC(=O)[C@H]1CC[C@@H](C(=O)NC(C)C(=O)C(C)(C)C)C1.